The molecular formula is C28H30ClF3N6O. The summed E-state index contributed by atoms with van der Waals surface area (Å²) in [5.74, 6) is -0.259. The van der Waals surface area contributed by atoms with Crippen LogP contribution in [0.5, 0.6) is 0 Å². The van der Waals surface area contributed by atoms with Crippen molar-refractivity contribution in [2.75, 3.05) is 30.8 Å². The molecule has 1 aliphatic carbocycles. The lowest BCUT2D eigenvalue weighted by Crippen LogP contribution is -2.32. The number of halogens is 4. The van der Waals surface area contributed by atoms with Crippen molar-refractivity contribution in [2.24, 2.45) is 0 Å². The summed E-state index contributed by atoms with van der Waals surface area (Å²) in [6, 6.07) is 9.78. The van der Waals surface area contributed by atoms with Gasteiger partial charge in [0.2, 0.25) is 5.95 Å². The van der Waals surface area contributed by atoms with Crippen LogP contribution in [0.1, 0.15) is 52.7 Å². The molecule has 1 amide bonds. The number of hydrogen-bond acceptors (Lipinski definition) is 6. The van der Waals surface area contributed by atoms with Gasteiger partial charge in [-0.15, -0.1) is 0 Å². The first kappa shape index (κ1) is 27.2. The van der Waals surface area contributed by atoms with E-state index in [4.69, 9.17) is 11.6 Å². The van der Waals surface area contributed by atoms with Gasteiger partial charge in [0.15, 0.2) is 5.82 Å². The molecule has 39 heavy (non-hydrogen) atoms. The Bertz CT molecular complexity index is 1360. The number of fused-ring (bicyclic) bond motifs is 1. The molecule has 0 saturated carbocycles. The Kier molecular flexibility index (Phi) is 7.95. The predicted molar refractivity (Wildman–Crippen MR) is 146 cm³/mol. The topological polar surface area (TPSA) is 82.2 Å². The monoisotopic (exact) mass is 558 g/mol. The Morgan fingerprint density at radius 2 is 1.77 bits per heavy atom. The van der Waals surface area contributed by atoms with Crippen LogP contribution < -0.4 is 16.0 Å². The summed E-state index contributed by atoms with van der Waals surface area (Å²) in [4.78, 5) is 23.7. The van der Waals surface area contributed by atoms with Gasteiger partial charge in [0.25, 0.3) is 5.91 Å². The lowest BCUT2D eigenvalue weighted by molar-refractivity contribution is -0.137. The fourth-order valence-corrected chi connectivity index (χ4v) is 5.50. The van der Waals surface area contributed by atoms with Crippen molar-refractivity contribution in [3.8, 4) is 0 Å². The molecule has 0 spiro atoms. The van der Waals surface area contributed by atoms with E-state index >= 15 is 0 Å². The molecule has 7 nitrogen and oxygen atoms in total. The normalized spacial score (nSPS) is 17.8. The molecule has 1 aliphatic heterocycles. The number of nitrogens with zero attached hydrogens (tertiary/aromatic N) is 3. The van der Waals surface area contributed by atoms with Gasteiger partial charge in [0.1, 0.15) is 5.02 Å². The van der Waals surface area contributed by atoms with Gasteiger partial charge in [-0.05, 0) is 93.1 Å². The Balaban J connectivity index is 1.34. The molecular weight excluding hydrogens is 529 g/mol. The molecule has 2 aromatic carbocycles. The average molecular weight is 559 g/mol. The molecule has 1 saturated heterocycles. The van der Waals surface area contributed by atoms with Crippen LogP contribution in [0.15, 0.2) is 42.6 Å². The molecule has 0 radical (unpaired) electrons. The van der Waals surface area contributed by atoms with Crippen LogP contribution in [0.4, 0.5) is 36.3 Å². The Labute approximate surface area is 230 Å². The standard InChI is InChI=1S/C28H30ClF3N6O/c1-33-26(39)22-15-19(28(30,31)32)7-11-24(22)36-25-23(29)16-34-27(37-25)35-20-8-4-17-5-9-21(10-6-18(17)14-20)38-12-2-3-13-38/h4,7-8,11,14-16,21H,2-3,5-6,9-10,12-13H2,1H3,(H,33,39)(H2,34,35,36,37)/t21-/m0/s1. The zero-order valence-corrected chi connectivity index (χ0v) is 22.3. The number of likely N-dealkylation sites (tertiary alicyclic amines) is 1. The van der Waals surface area contributed by atoms with E-state index in [9.17, 15) is 18.0 Å². The van der Waals surface area contributed by atoms with Gasteiger partial charge in [-0.1, -0.05) is 17.7 Å². The summed E-state index contributed by atoms with van der Waals surface area (Å²) >= 11 is 6.30. The van der Waals surface area contributed by atoms with Crippen molar-refractivity contribution in [1.82, 2.24) is 20.2 Å². The summed E-state index contributed by atoms with van der Waals surface area (Å²) < 4.78 is 39.7. The second kappa shape index (κ2) is 11.4. The van der Waals surface area contributed by atoms with E-state index in [1.165, 1.54) is 62.8 Å². The molecule has 1 aromatic heterocycles. The van der Waals surface area contributed by atoms with E-state index in [1.54, 1.807) is 0 Å². The molecule has 3 N–H and O–H groups in total. The molecule has 1 atom stereocenters. The van der Waals surface area contributed by atoms with Crippen molar-refractivity contribution in [3.05, 3.63) is 69.9 Å². The van der Waals surface area contributed by atoms with Crippen molar-refractivity contribution in [1.29, 1.82) is 0 Å². The van der Waals surface area contributed by atoms with Crippen LogP contribution in [0.3, 0.4) is 0 Å². The summed E-state index contributed by atoms with van der Waals surface area (Å²) in [5.41, 5.74) is 2.53. The first-order chi connectivity index (χ1) is 18.7. The second-order valence-electron chi connectivity index (χ2n) is 9.94. The first-order valence-corrected chi connectivity index (χ1v) is 13.4. The highest BCUT2D eigenvalue weighted by molar-refractivity contribution is 6.33. The fourth-order valence-electron chi connectivity index (χ4n) is 5.36. The highest BCUT2D eigenvalue weighted by Crippen LogP contribution is 2.34. The third-order valence-corrected chi connectivity index (χ3v) is 7.71. The zero-order valence-electron chi connectivity index (χ0n) is 21.5. The maximum absolute atomic E-state index is 13.2. The Morgan fingerprint density at radius 1 is 1.03 bits per heavy atom. The van der Waals surface area contributed by atoms with Gasteiger partial charge in [0.05, 0.1) is 23.0 Å². The second-order valence-corrected chi connectivity index (χ2v) is 10.3. The minimum absolute atomic E-state index is 0.131. The van der Waals surface area contributed by atoms with E-state index in [1.807, 2.05) is 6.07 Å². The molecule has 5 rings (SSSR count). The quantitative estimate of drug-likeness (QED) is 0.306. The minimum atomic E-state index is -4.59. The number of aryl methyl sites for hydroxylation is 2. The number of carbonyl (C=O) groups excluding carboxylic acids is 1. The number of nitrogens with one attached hydrogen (secondary N) is 3. The largest absolute Gasteiger partial charge is 0.416 e. The highest BCUT2D eigenvalue weighted by atomic mass is 35.5. The van der Waals surface area contributed by atoms with Crippen molar-refractivity contribution < 1.29 is 18.0 Å². The minimum Gasteiger partial charge on any atom is -0.355 e. The number of aromatic nitrogens is 2. The molecule has 3 aromatic rings. The lowest BCUT2D eigenvalue weighted by atomic mass is 10.0. The molecule has 11 heteroatoms. The maximum Gasteiger partial charge on any atom is 0.416 e. The summed E-state index contributed by atoms with van der Waals surface area (Å²) in [5, 5.41) is 8.62. The summed E-state index contributed by atoms with van der Waals surface area (Å²) in [6.45, 7) is 2.41. The number of hydrogen-bond donors (Lipinski definition) is 3. The van der Waals surface area contributed by atoms with Gasteiger partial charge >= 0.3 is 6.18 Å². The van der Waals surface area contributed by atoms with Crippen molar-refractivity contribution in [2.45, 2.75) is 50.7 Å². The number of anilines is 4. The third-order valence-electron chi connectivity index (χ3n) is 7.43. The predicted octanol–water partition coefficient (Wildman–Crippen LogP) is 6.34. The first-order valence-electron chi connectivity index (χ1n) is 13.1. The number of benzene rings is 2. The highest BCUT2D eigenvalue weighted by Gasteiger charge is 2.32. The Morgan fingerprint density at radius 3 is 2.49 bits per heavy atom. The molecule has 0 bridgehead atoms. The number of alkyl halides is 3. The molecule has 2 heterocycles. The zero-order chi connectivity index (χ0) is 27.6. The molecule has 1 fully saturated rings. The van der Waals surface area contributed by atoms with Crippen LogP contribution in [-0.4, -0.2) is 47.0 Å². The summed E-state index contributed by atoms with van der Waals surface area (Å²) in [6.07, 6.45) is 3.78. The van der Waals surface area contributed by atoms with Crippen LogP contribution in [0.25, 0.3) is 0 Å². The van der Waals surface area contributed by atoms with Crippen molar-refractivity contribution >= 4 is 40.6 Å². The summed E-state index contributed by atoms with van der Waals surface area (Å²) in [7, 11) is 1.35. The number of amides is 1. The van der Waals surface area contributed by atoms with Gasteiger partial charge in [-0.2, -0.15) is 18.2 Å². The fraction of sp³-hybridized carbons (Fsp3) is 0.393. The average Bonchev–Trinajstić information content (AvgIpc) is 3.37. The van der Waals surface area contributed by atoms with Crippen LogP contribution >= 0.6 is 11.6 Å². The van der Waals surface area contributed by atoms with Gasteiger partial charge in [-0.3, -0.25) is 4.79 Å². The van der Waals surface area contributed by atoms with Crippen molar-refractivity contribution in [3.63, 3.8) is 0 Å². The van der Waals surface area contributed by atoms with E-state index in [-0.39, 0.29) is 28.0 Å². The van der Waals surface area contributed by atoms with E-state index in [2.05, 4.69) is 43.0 Å². The SMILES string of the molecule is CNC(=O)c1cc(C(F)(F)F)ccc1Nc1nc(Nc2ccc3c(c2)CC[C@@H](N2CCCC2)CC3)ncc1Cl. The van der Waals surface area contributed by atoms with Gasteiger partial charge < -0.3 is 20.9 Å². The van der Waals surface area contributed by atoms with Crippen LogP contribution in [0.2, 0.25) is 5.02 Å². The van der Waals surface area contributed by atoms with E-state index in [0.717, 1.165) is 37.1 Å². The number of rotatable bonds is 6. The maximum atomic E-state index is 13.2. The van der Waals surface area contributed by atoms with Crippen LogP contribution in [-0.2, 0) is 19.0 Å². The number of carbonyl (C=O) groups is 1. The van der Waals surface area contributed by atoms with E-state index < -0.39 is 17.6 Å². The molecule has 0 unspecified atom stereocenters. The lowest BCUT2D eigenvalue weighted by Gasteiger charge is -2.25. The smallest absolute Gasteiger partial charge is 0.355 e. The Hall–Kier alpha value is -3.37. The third kappa shape index (κ3) is 6.28. The van der Waals surface area contributed by atoms with Gasteiger partial charge in [-0.25, -0.2) is 4.98 Å². The molecule has 206 valence electrons. The van der Waals surface area contributed by atoms with E-state index in [0.29, 0.717) is 6.04 Å². The van der Waals surface area contributed by atoms with Crippen LogP contribution in [0, 0.1) is 0 Å². The van der Waals surface area contributed by atoms with Gasteiger partial charge in [0, 0.05) is 18.8 Å². The molecule has 2 aliphatic rings.